The molecule has 160 valence electrons. The van der Waals surface area contributed by atoms with Crippen molar-refractivity contribution < 1.29 is 10.0 Å². The highest BCUT2D eigenvalue weighted by Crippen LogP contribution is 2.41. The summed E-state index contributed by atoms with van der Waals surface area (Å²) >= 11 is 5.93. The molecule has 1 aromatic heterocycles. The highest BCUT2D eigenvalue weighted by molar-refractivity contribution is 6.30. The van der Waals surface area contributed by atoms with Crippen LogP contribution in [0.1, 0.15) is 19.3 Å². The topological polar surface area (TPSA) is 108 Å². The van der Waals surface area contributed by atoms with Gasteiger partial charge < -0.3 is 20.2 Å². The largest absolute Gasteiger partial charge is 0.392 e. The lowest BCUT2D eigenvalue weighted by molar-refractivity contribution is -0.384. The van der Waals surface area contributed by atoms with E-state index in [9.17, 15) is 15.2 Å². The van der Waals surface area contributed by atoms with Crippen LogP contribution in [0.25, 0.3) is 0 Å². The number of hydrogen-bond acceptors (Lipinski definition) is 8. The van der Waals surface area contributed by atoms with Gasteiger partial charge in [0.15, 0.2) is 0 Å². The van der Waals surface area contributed by atoms with Gasteiger partial charge in [-0.3, -0.25) is 10.1 Å². The van der Waals surface area contributed by atoms with Crippen molar-refractivity contribution in [2.45, 2.75) is 25.4 Å². The van der Waals surface area contributed by atoms with Gasteiger partial charge in [-0.05, 0) is 50.6 Å². The Hall–Kier alpha value is -2.49. The van der Waals surface area contributed by atoms with Crippen molar-refractivity contribution in [3.05, 3.63) is 45.6 Å². The van der Waals surface area contributed by atoms with Crippen molar-refractivity contribution in [2.75, 3.05) is 43.4 Å². The molecular formula is C20H25ClN6O3. The number of likely N-dealkylation sites (tertiary alicyclic amines) is 1. The first-order valence-electron chi connectivity index (χ1n) is 10.0. The monoisotopic (exact) mass is 432 g/mol. The number of hydrogen-bond donors (Lipinski definition) is 2. The van der Waals surface area contributed by atoms with Crippen LogP contribution in [0.15, 0.2) is 30.5 Å². The van der Waals surface area contributed by atoms with Gasteiger partial charge in [0.1, 0.15) is 6.20 Å². The van der Waals surface area contributed by atoms with Gasteiger partial charge >= 0.3 is 5.69 Å². The number of piperidine rings is 2. The summed E-state index contributed by atoms with van der Waals surface area (Å²) in [5, 5.41) is 26.1. The van der Waals surface area contributed by atoms with E-state index in [0.717, 1.165) is 31.6 Å². The smallest absolute Gasteiger partial charge is 0.329 e. The number of aromatic nitrogens is 2. The molecule has 2 unspecified atom stereocenters. The second-order valence-electron chi connectivity index (χ2n) is 8.22. The Morgan fingerprint density at radius 3 is 2.80 bits per heavy atom. The molecule has 2 aliphatic heterocycles. The second-order valence-corrected chi connectivity index (χ2v) is 8.66. The predicted octanol–water partition coefficient (Wildman–Crippen LogP) is 3.06. The maximum Gasteiger partial charge on any atom is 0.329 e. The normalized spacial score (nSPS) is 24.8. The van der Waals surface area contributed by atoms with Crippen molar-refractivity contribution in [2.24, 2.45) is 5.41 Å². The number of nitro groups is 1. The van der Waals surface area contributed by atoms with Gasteiger partial charge in [0.2, 0.25) is 11.8 Å². The summed E-state index contributed by atoms with van der Waals surface area (Å²) in [4.78, 5) is 24.0. The molecule has 0 radical (unpaired) electrons. The Morgan fingerprint density at radius 2 is 2.07 bits per heavy atom. The van der Waals surface area contributed by atoms with Gasteiger partial charge in [0.25, 0.3) is 0 Å². The molecule has 1 spiro atoms. The van der Waals surface area contributed by atoms with E-state index in [0.29, 0.717) is 24.5 Å². The lowest BCUT2D eigenvalue weighted by Crippen LogP contribution is -2.58. The lowest BCUT2D eigenvalue weighted by Gasteiger charge is -2.50. The van der Waals surface area contributed by atoms with Crippen molar-refractivity contribution >= 4 is 34.7 Å². The average molecular weight is 433 g/mol. The molecule has 1 aromatic carbocycles. The summed E-state index contributed by atoms with van der Waals surface area (Å²) in [6.07, 6.45) is 3.25. The molecule has 2 fully saturated rings. The molecule has 4 rings (SSSR count). The van der Waals surface area contributed by atoms with Crippen LogP contribution in [0, 0.1) is 15.5 Å². The first-order chi connectivity index (χ1) is 14.4. The van der Waals surface area contributed by atoms with Crippen LogP contribution < -0.4 is 10.2 Å². The number of anilines is 3. The van der Waals surface area contributed by atoms with Gasteiger partial charge in [-0.2, -0.15) is 4.98 Å². The van der Waals surface area contributed by atoms with Gasteiger partial charge in [-0.15, -0.1) is 0 Å². The molecule has 0 aliphatic carbocycles. The van der Waals surface area contributed by atoms with E-state index < -0.39 is 11.0 Å². The molecule has 10 heteroatoms. The van der Waals surface area contributed by atoms with E-state index in [-0.39, 0.29) is 22.9 Å². The summed E-state index contributed by atoms with van der Waals surface area (Å²) in [6, 6.07) is 7.06. The van der Waals surface area contributed by atoms with Crippen molar-refractivity contribution in [1.82, 2.24) is 14.9 Å². The van der Waals surface area contributed by atoms with Gasteiger partial charge in [-0.1, -0.05) is 11.6 Å². The van der Waals surface area contributed by atoms with E-state index in [2.05, 4.69) is 20.2 Å². The molecule has 2 N–H and O–H groups in total. The number of aliphatic hydroxyl groups is 1. The second kappa shape index (κ2) is 8.33. The number of rotatable bonds is 4. The van der Waals surface area contributed by atoms with Gasteiger partial charge in [-0.25, -0.2) is 4.98 Å². The van der Waals surface area contributed by atoms with Crippen molar-refractivity contribution in [3.8, 4) is 0 Å². The zero-order valence-corrected chi connectivity index (χ0v) is 17.5. The standard InChI is InChI=1S/C20H25ClN6O3/c1-25-10-7-17(28)20(12-25)8-2-9-26(13-20)18-16(27(29)30)11-22-19(24-18)23-15-5-3-14(21)4-6-15/h3-6,11,17,28H,2,7-10,12-13H2,1H3,(H,22,23,24). The number of benzene rings is 1. The minimum absolute atomic E-state index is 0.132. The van der Waals surface area contributed by atoms with E-state index in [1.807, 2.05) is 11.9 Å². The minimum Gasteiger partial charge on any atom is -0.392 e. The third kappa shape index (κ3) is 4.19. The SMILES string of the molecule is CN1CCC(O)C2(CCCN(c3nc(Nc4ccc(Cl)cc4)ncc3[N+](=O)[O-])C2)C1. The molecule has 0 amide bonds. The van der Waals surface area contributed by atoms with Crippen LogP contribution in [0.3, 0.4) is 0 Å². The fourth-order valence-electron chi connectivity index (χ4n) is 4.56. The van der Waals surface area contributed by atoms with Gasteiger partial charge in [0, 0.05) is 42.3 Å². The summed E-state index contributed by atoms with van der Waals surface area (Å²) in [6.45, 7) is 2.79. The molecule has 2 aromatic rings. The molecule has 0 saturated carbocycles. The minimum atomic E-state index is -0.452. The Labute approximate surface area is 179 Å². The molecule has 0 bridgehead atoms. The molecule has 2 atom stereocenters. The first-order valence-corrected chi connectivity index (χ1v) is 10.4. The Morgan fingerprint density at radius 1 is 1.30 bits per heavy atom. The zero-order chi connectivity index (χ0) is 21.3. The molecule has 30 heavy (non-hydrogen) atoms. The third-order valence-corrected chi connectivity index (χ3v) is 6.28. The fraction of sp³-hybridized carbons (Fsp3) is 0.500. The van der Waals surface area contributed by atoms with Crippen molar-refractivity contribution in [1.29, 1.82) is 0 Å². The quantitative estimate of drug-likeness (QED) is 0.560. The van der Waals surface area contributed by atoms with E-state index in [4.69, 9.17) is 11.6 Å². The zero-order valence-electron chi connectivity index (χ0n) is 16.8. The maximum absolute atomic E-state index is 11.7. The van der Waals surface area contributed by atoms with Crippen LogP contribution in [-0.4, -0.2) is 64.2 Å². The molecule has 2 saturated heterocycles. The Balaban J connectivity index is 1.64. The predicted molar refractivity (Wildman–Crippen MR) is 115 cm³/mol. The molecule has 3 heterocycles. The highest BCUT2D eigenvalue weighted by Gasteiger charge is 2.45. The summed E-state index contributed by atoms with van der Waals surface area (Å²) in [5.74, 6) is 0.560. The molecular weight excluding hydrogens is 408 g/mol. The number of nitrogens with zero attached hydrogens (tertiary/aromatic N) is 5. The van der Waals surface area contributed by atoms with Crippen LogP contribution >= 0.6 is 11.6 Å². The van der Waals surface area contributed by atoms with Crippen LogP contribution in [0.4, 0.5) is 23.1 Å². The average Bonchev–Trinajstić information content (AvgIpc) is 2.73. The van der Waals surface area contributed by atoms with E-state index in [1.54, 1.807) is 24.3 Å². The van der Waals surface area contributed by atoms with E-state index >= 15 is 0 Å². The fourth-order valence-corrected chi connectivity index (χ4v) is 4.69. The summed E-state index contributed by atoms with van der Waals surface area (Å²) < 4.78 is 0. The number of aliphatic hydroxyl groups excluding tert-OH is 1. The van der Waals surface area contributed by atoms with Gasteiger partial charge in [0.05, 0.1) is 11.0 Å². The van der Waals surface area contributed by atoms with Crippen LogP contribution in [0.5, 0.6) is 0 Å². The summed E-state index contributed by atoms with van der Waals surface area (Å²) in [5.41, 5.74) is 0.291. The maximum atomic E-state index is 11.7. The highest BCUT2D eigenvalue weighted by atomic mass is 35.5. The molecule has 9 nitrogen and oxygen atoms in total. The Bertz CT molecular complexity index is 927. The lowest BCUT2D eigenvalue weighted by atomic mass is 9.71. The summed E-state index contributed by atoms with van der Waals surface area (Å²) in [7, 11) is 2.05. The van der Waals surface area contributed by atoms with Crippen LogP contribution in [0.2, 0.25) is 5.02 Å². The third-order valence-electron chi connectivity index (χ3n) is 6.03. The Kier molecular flexibility index (Phi) is 5.77. The van der Waals surface area contributed by atoms with Crippen molar-refractivity contribution in [3.63, 3.8) is 0 Å². The molecule has 2 aliphatic rings. The number of halogens is 1. The first kappa shape index (κ1) is 20.8. The number of nitrogens with one attached hydrogen (secondary N) is 1. The van der Waals surface area contributed by atoms with E-state index in [1.165, 1.54) is 6.20 Å². The van der Waals surface area contributed by atoms with Crippen LogP contribution in [-0.2, 0) is 0 Å².